The van der Waals surface area contributed by atoms with Crippen LogP contribution in [0.3, 0.4) is 0 Å². The number of rotatable bonds is 4. The lowest BCUT2D eigenvalue weighted by Crippen LogP contribution is -1.99. The van der Waals surface area contributed by atoms with Gasteiger partial charge in [-0.05, 0) is 30.5 Å². The number of aryl methyl sites for hydroxylation is 1. The molecule has 0 saturated heterocycles. The Morgan fingerprint density at radius 3 is 2.84 bits per heavy atom. The number of hydrogen-bond acceptors (Lipinski definition) is 5. The molecular weight excluding hydrogens is 258 g/mol. The summed E-state index contributed by atoms with van der Waals surface area (Å²) in [5.41, 5.74) is 1.93. The first kappa shape index (κ1) is 11.9. The second kappa shape index (κ2) is 5.24. The van der Waals surface area contributed by atoms with E-state index in [1.165, 1.54) is 4.88 Å². The molecule has 5 heteroatoms. The minimum Gasteiger partial charge on any atom is -0.380 e. The number of thiophene rings is 1. The molecule has 0 amide bonds. The van der Waals surface area contributed by atoms with Crippen molar-refractivity contribution >= 4 is 17.0 Å². The van der Waals surface area contributed by atoms with Crippen molar-refractivity contribution in [2.45, 2.75) is 13.5 Å². The third kappa shape index (κ3) is 2.66. The normalized spacial score (nSPS) is 10.6. The highest BCUT2D eigenvalue weighted by molar-refractivity contribution is 7.09. The molecule has 0 spiro atoms. The first-order valence-electron chi connectivity index (χ1n) is 5.99. The molecule has 0 unspecified atom stereocenters. The topological polar surface area (TPSA) is 51.0 Å². The van der Waals surface area contributed by atoms with Crippen molar-refractivity contribution in [2.75, 3.05) is 5.32 Å². The van der Waals surface area contributed by atoms with E-state index in [4.69, 9.17) is 4.52 Å². The highest BCUT2D eigenvalue weighted by atomic mass is 32.1. The van der Waals surface area contributed by atoms with Crippen LogP contribution >= 0.6 is 11.3 Å². The van der Waals surface area contributed by atoms with Gasteiger partial charge in [-0.25, -0.2) is 0 Å². The Bertz CT molecular complexity index is 661. The van der Waals surface area contributed by atoms with Crippen LogP contribution in [0, 0.1) is 6.92 Å². The molecule has 0 saturated carbocycles. The summed E-state index contributed by atoms with van der Waals surface area (Å²) in [4.78, 5) is 5.56. The van der Waals surface area contributed by atoms with Gasteiger partial charge in [0.2, 0.25) is 0 Å². The maximum absolute atomic E-state index is 5.23. The number of anilines is 1. The number of nitrogens with zero attached hydrogens (tertiary/aromatic N) is 2. The Morgan fingerprint density at radius 2 is 2.11 bits per heavy atom. The van der Waals surface area contributed by atoms with Crippen LogP contribution in [0.5, 0.6) is 0 Å². The molecule has 0 bridgehead atoms. The van der Waals surface area contributed by atoms with E-state index in [2.05, 4.69) is 33.0 Å². The van der Waals surface area contributed by atoms with Crippen LogP contribution in [0.15, 0.2) is 46.3 Å². The predicted molar refractivity (Wildman–Crippen MR) is 76.1 cm³/mol. The monoisotopic (exact) mass is 271 g/mol. The Morgan fingerprint density at radius 1 is 1.21 bits per heavy atom. The summed E-state index contributed by atoms with van der Waals surface area (Å²) in [5.74, 6) is 1.19. The Labute approximate surface area is 115 Å². The lowest BCUT2D eigenvalue weighted by Gasteiger charge is -2.08. The van der Waals surface area contributed by atoms with Crippen LogP contribution in [0.4, 0.5) is 5.69 Å². The van der Waals surface area contributed by atoms with E-state index in [-0.39, 0.29) is 0 Å². The first-order chi connectivity index (χ1) is 9.33. The predicted octanol–water partition coefficient (Wildman–Crippen LogP) is 3.72. The van der Waals surface area contributed by atoms with Crippen molar-refractivity contribution in [3.63, 3.8) is 0 Å². The number of nitrogens with one attached hydrogen (secondary N) is 1. The summed E-state index contributed by atoms with van der Waals surface area (Å²) < 4.78 is 5.23. The van der Waals surface area contributed by atoms with Crippen molar-refractivity contribution in [3.8, 4) is 11.5 Å². The molecule has 0 aliphatic heterocycles. The molecule has 2 heterocycles. The fourth-order valence-electron chi connectivity index (χ4n) is 1.83. The summed E-state index contributed by atoms with van der Waals surface area (Å²) in [5, 5.41) is 9.31. The molecule has 1 N–H and O–H groups in total. The molecule has 4 nitrogen and oxygen atoms in total. The van der Waals surface area contributed by atoms with E-state index in [0.717, 1.165) is 17.8 Å². The molecule has 96 valence electrons. The van der Waals surface area contributed by atoms with Gasteiger partial charge in [-0.3, -0.25) is 0 Å². The van der Waals surface area contributed by atoms with Crippen LogP contribution < -0.4 is 5.32 Å². The highest BCUT2D eigenvalue weighted by Crippen LogP contribution is 2.27. The zero-order chi connectivity index (χ0) is 13.1. The van der Waals surface area contributed by atoms with Gasteiger partial charge in [-0.2, -0.15) is 4.98 Å². The standard InChI is InChI=1S/C14H13N3OS/c1-10-16-14(18-17-10)12-6-2-3-7-13(12)15-9-11-5-4-8-19-11/h2-8,15H,9H2,1H3. The van der Waals surface area contributed by atoms with Crippen molar-refractivity contribution in [3.05, 3.63) is 52.5 Å². The van der Waals surface area contributed by atoms with E-state index in [9.17, 15) is 0 Å². The van der Waals surface area contributed by atoms with Gasteiger partial charge in [0.25, 0.3) is 5.89 Å². The average molecular weight is 271 g/mol. The smallest absolute Gasteiger partial charge is 0.260 e. The Hall–Kier alpha value is -2.14. The Balaban J connectivity index is 1.85. The third-order valence-electron chi connectivity index (χ3n) is 2.72. The van der Waals surface area contributed by atoms with Crippen LogP contribution in [0.2, 0.25) is 0 Å². The molecule has 19 heavy (non-hydrogen) atoms. The zero-order valence-electron chi connectivity index (χ0n) is 10.5. The fourth-order valence-corrected chi connectivity index (χ4v) is 2.47. The second-order valence-corrected chi connectivity index (χ2v) is 5.16. The molecule has 1 aromatic carbocycles. The van der Waals surface area contributed by atoms with Crippen LogP contribution in [-0.4, -0.2) is 10.1 Å². The van der Waals surface area contributed by atoms with Crippen molar-refractivity contribution in [1.82, 2.24) is 10.1 Å². The second-order valence-electron chi connectivity index (χ2n) is 4.13. The van der Waals surface area contributed by atoms with Gasteiger partial charge in [-0.1, -0.05) is 23.4 Å². The summed E-state index contributed by atoms with van der Waals surface area (Å²) >= 11 is 1.73. The van der Waals surface area contributed by atoms with Crippen molar-refractivity contribution < 1.29 is 4.52 Å². The number of aromatic nitrogens is 2. The first-order valence-corrected chi connectivity index (χ1v) is 6.87. The summed E-state index contributed by atoms with van der Waals surface area (Å²) in [6, 6.07) is 12.1. The van der Waals surface area contributed by atoms with Gasteiger partial charge in [0.05, 0.1) is 5.56 Å². The molecule has 0 fully saturated rings. The van der Waals surface area contributed by atoms with Gasteiger partial charge >= 0.3 is 0 Å². The van der Waals surface area contributed by atoms with Gasteiger partial charge < -0.3 is 9.84 Å². The third-order valence-corrected chi connectivity index (χ3v) is 3.59. The SMILES string of the molecule is Cc1noc(-c2ccccc2NCc2cccs2)n1. The highest BCUT2D eigenvalue weighted by Gasteiger charge is 2.10. The van der Waals surface area contributed by atoms with Gasteiger partial charge in [0, 0.05) is 17.1 Å². The quantitative estimate of drug-likeness (QED) is 0.785. The molecule has 0 aliphatic carbocycles. The van der Waals surface area contributed by atoms with Gasteiger partial charge in [-0.15, -0.1) is 11.3 Å². The average Bonchev–Trinajstić information content (AvgIpc) is 3.08. The van der Waals surface area contributed by atoms with Crippen molar-refractivity contribution in [1.29, 1.82) is 0 Å². The number of hydrogen-bond donors (Lipinski definition) is 1. The van der Waals surface area contributed by atoms with Crippen LogP contribution in [-0.2, 0) is 6.54 Å². The molecule has 3 aromatic rings. The van der Waals surface area contributed by atoms with Gasteiger partial charge in [0.15, 0.2) is 5.82 Å². The molecular formula is C14H13N3OS. The lowest BCUT2D eigenvalue weighted by atomic mass is 10.1. The maximum atomic E-state index is 5.23. The summed E-state index contributed by atoms with van der Waals surface area (Å²) in [6.45, 7) is 2.61. The van der Waals surface area contributed by atoms with E-state index in [1.54, 1.807) is 11.3 Å². The maximum Gasteiger partial charge on any atom is 0.260 e. The molecule has 0 radical (unpaired) electrons. The summed E-state index contributed by atoms with van der Waals surface area (Å²) in [7, 11) is 0. The van der Waals surface area contributed by atoms with Crippen LogP contribution in [0.1, 0.15) is 10.7 Å². The zero-order valence-corrected chi connectivity index (χ0v) is 11.3. The summed E-state index contributed by atoms with van der Waals surface area (Å²) in [6.07, 6.45) is 0. The van der Waals surface area contributed by atoms with Crippen LogP contribution in [0.25, 0.3) is 11.5 Å². The number of benzene rings is 1. The largest absolute Gasteiger partial charge is 0.380 e. The van der Waals surface area contributed by atoms with Gasteiger partial charge in [0.1, 0.15) is 0 Å². The lowest BCUT2D eigenvalue weighted by molar-refractivity contribution is 0.426. The molecule has 0 atom stereocenters. The van der Waals surface area contributed by atoms with Crippen molar-refractivity contribution in [2.24, 2.45) is 0 Å². The Kier molecular flexibility index (Phi) is 3.29. The van der Waals surface area contributed by atoms with E-state index in [0.29, 0.717) is 11.7 Å². The fraction of sp³-hybridized carbons (Fsp3) is 0.143. The minimum atomic E-state index is 0.548. The van der Waals surface area contributed by atoms with E-state index < -0.39 is 0 Å². The molecule has 3 rings (SSSR count). The number of para-hydroxylation sites is 1. The minimum absolute atomic E-state index is 0.548. The van der Waals surface area contributed by atoms with E-state index >= 15 is 0 Å². The van der Waals surface area contributed by atoms with E-state index in [1.807, 2.05) is 31.2 Å². The molecule has 0 aliphatic rings. The molecule has 2 aromatic heterocycles.